The molecule has 0 aromatic heterocycles. The van der Waals surface area contributed by atoms with Gasteiger partial charge in [-0.1, -0.05) is 34.3 Å². The van der Waals surface area contributed by atoms with Crippen molar-refractivity contribution in [2.75, 3.05) is 19.8 Å². The zero-order valence-electron chi connectivity index (χ0n) is 41.5. The Labute approximate surface area is 414 Å². The van der Waals surface area contributed by atoms with Gasteiger partial charge in [0.25, 0.3) is 0 Å². The number of hydrogen-bond acceptors (Lipinski definition) is 21. The van der Waals surface area contributed by atoms with Crippen LogP contribution in [-0.2, 0) is 52.5 Å². The fourth-order valence-corrected chi connectivity index (χ4v) is 17.0. The third kappa shape index (κ3) is 8.55. The molecule has 4 saturated carbocycles. The molecule has 22 nitrogen and oxygen atoms in total. The van der Waals surface area contributed by atoms with Crippen molar-refractivity contribution < 1.29 is 106 Å². The molecule has 408 valence electrons. The van der Waals surface area contributed by atoms with E-state index in [1.54, 1.807) is 13.8 Å². The van der Waals surface area contributed by atoms with Crippen LogP contribution in [-0.4, -0.2) is 206 Å². The second kappa shape index (κ2) is 18.8. The quantitative estimate of drug-likeness (QED) is 0.0644. The van der Waals surface area contributed by atoms with Gasteiger partial charge in [0.05, 0.1) is 43.7 Å². The summed E-state index contributed by atoms with van der Waals surface area (Å²) in [6, 6.07) is 0. The molecule has 11 N–H and O–H groups in total. The van der Waals surface area contributed by atoms with Crippen molar-refractivity contribution in [3.63, 3.8) is 0 Å². The summed E-state index contributed by atoms with van der Waals surface area (Å²) in [5.41, 5.74) is -2.75. The van der Waals surface area contributed by atoms with Crippen LogP contribution in [0.4, 0.5) is 0 Å². The predicted molar refractivity (Wildman–Crippen MR) is 241 cm³/mol. The third-order valence-corrected chi connectivity index (χ3v) is 20.3. The van der Waals surface area contributed by atoms with Gasteiger partial charge in [0.2, 0.25) is 0 Å². The summed E-state index contributed by atoms with van der Waals surface area (Å²) in [5.74, 6) is -1.79. The number of fused-ring (bicyclic) bond motifs is 4. The summed E-state index contributed by atoms with van der Waals surface area (Å²) in [6.45, 7) is 16.4. The van der Waals surface area contributed by atoms with E-state index in [2.05, 4.69) is 34.3 Å². The number of rotatable bonds is 12. The molecule has 2 spiro atoms. The smallest absolute Gasteiger partial charge is 0.394 e. The molecule has 5 heterocycles. The third-order valence-electron chi connectivity index (χ3n) is 19.7. The molecule has 27 atom stereocenters. The van der Waals surface area contributed by atoms with Gasteiger partial charge in [0, 0.05) is 24.2 Å². The lowest BCUT2D eigenvalue weighted by Gasteiger charge is -2.70. The Morgan fingerprint density at radius 2 is 1.35 bits per heavy atom. The van der Waals surface area contributed by atoms with Crippen LogP contribution < -0.4 is 0 Å². The zero-order chi connectivity index (χ0) is 51.9. The maximum atomic E-state index is 12.6. The predicted octanol–water partition coefficient (Wildman–Crippen LogP) is -0.847. The largest absolute Gasteiger partial charge is 0.397 e. The summed E-state index contributed by atoms with van der Waals surface area (Å²) in [4.78, 5) is 0. The van der Waals surface area contributed by atoms with Crippen LogP contribution in [0, 0.1) is 45.3 Å². The van der Waals surface area contributed by atoms with E-state index in [1.807, 2.05) is 0 Å². The number of aliphatic hydroxyl groups excluding tert-OH is 10. The fraction of sp³-hybridized carbons (Fsp3) is 0.958. The van der Waals surface area contributed by atoms with Gasteiger partial charge in [-0.2, -0.15) is 8.42 Å². The maximum Gasteiger partial charge on any atom is 0.397 e. The first-order valence-electron chi connectivity index (χ1n) is 25.3. The van der Waals surface area contributed by atoms with Gasteiger partial charge in [-0.15, -0.1) is 0 Å². The zero-order valence-corrected chi connectivity index (χ0v) is 42.3. The van der Waals surface area contributed by atoms with E-state index in [-0.39, 0.29) is 35.0 Å². The Bertz CT molecular complexity index is 2080. The number of hydrogen-bond donors (Lipinski definition) is 11. The monoisotopic (exact) mass is 1040 g/mol. The van der Waals surface area contributed by atoms with Crippen molar-refractivity contribution in [2.45, 2.75) is 222 Å². The Kier molecular flexibility index (Phi) is 14.5. The van der Waals surface area contributed by atoms with E-state index in [4.69, 9.17) is 42.1 Å². The molecule has 23 heteroatoms. The van der Waals surface area contributed by atoms with Gasteiger partial charge in [-0.3, -0.25) is 4.55 Å². The summed E-state index contributed by atoms with van der Waals surface area (Å²) >= 11 is 0. The molecule has 5 saturated heterocycles. The molecule has 0 radical (unpaired) electrons. The average Bonchev–Trinajstić information content (AvgIpc) is 3.82. The summed E-state index contributed by atoms with van der Waals surface area (Å²) in [6.07, 6.45) is -22.1. The molecule has 0 unspecified atom stereocenters. The summed E-state index contributed by atoms with van der Waals surface area (Å²) < 4.78 is 91.4. The lowest BCUT2D eigenvalue weighted by atomic mass is 9.35. The van der Waals surface area contributed by atoms with Gasteiger partial charge in [0.15, 0.2) is 24.7 Å². The highest BCUT2D eigenvalue weighted by Crippen LogP contribution is 2.80. The van der Waals surface area contributed by atoms with E-state index in [1.165, 1.54) is 6.92 Å². The minimum Gasteiger partial charge on any atom is -0.394 e. The van der Waals surface area contributed by atoms with Crippen LogP contribution in [0.2, 0.25) is 0 Å². The summed E-state index contributed by atoms with van der Waals surface area (Å²) in [7, 11) is -4.94. The number of ether oxygens (including phenoxy) is 8. The van der Waals surface area contributed by atoms with E-state index < -0.39 is 162 Å². The fourth-order valence-electron chi connectivity index (χ4n) is 16.4. The van der Waals surface area contributed by atoms with Crippen molar-refractivity contribution in [2.24, 2.45) is 45.3 Å². The van der Waals surface area contributed by atoms with Crippen molar-refractivity contribution in [3.8, 4) is 0 Å². The first-order chi connectivity index (χ1) is 33.0. The minimum atomic E-state index is -4.94. The van der Waals surface area contributed by atoms with E-state index in [0.29, 0.717) is 37.9 Å². The van der Waals surface area contributed by atoms with Crippen molar-refractivity contribution >= 4 is 10.4 Å². The average molecular weight is 1040 g/mol. The highest BCUT2D eigenvalue weighted by molar-refractivity contribution is 7.80. The first kappa shape index (κ1) is 54.7. The van der Waals surface area contributed by atoms with E-state index in [0.717, 1.165) is 19.3 Å². The Hall–Kier alpha value is -1.11. The molecule has 0 amide bonds. The second-order valence-corrected chi connectivity index (χ2v) is 24.9. The maximum absolute atomic E-state index is 12.6. The van der Waals surface area contributed by atoms with E-state index in [9.17, 15) is 64.0 Å². The molecule has 5 aliphatic heterocycles. The highest BCUT2D eigenvalue weighted by Gasteiger charge is 2.82. The molecule has 0 aromatic carbocycles. The van der Waals surface area contributed by atoms with Crippen LogP contribution >= 0.6 is 0 Å². The first-order valence-corrected chi connectivity index (χ1v) is 26.6. The molecule has 9 fully saturated rings. The molecule has 71 heavy (non-hydrogen) atoms. The Balaban J connectivity index is 0.989. The van der Waals surface area contributed by atoms with Crippen LogP contribution in [0.15, 0.2) is 12.2 Å². The number of aliphatic hydroxyl groups is 10. The van der Waals surface area contributed by atoms with Crippen LogP contribution in [0.3, 0.4) is 0 Å². The minimum absolute atomic E-state index is 0.0198. The van der Waals surface area contributed by atoms with Gasteiger partial charge >= 0.3 is 10.4 Å². The molecule has 4 aliphatic carbocycles. The van der Waals surface area contributed by atoms with Gasteiger partial charge in [0.1, 0.15) is 73.2 Å². The normalized spacial score (nSPS) is 55.1. The molecule has 2 bridgehead atoms. The SMILES string of the molecule is C=C(C)[C@@H](O)[C@H]1C[C@](C)(OS(=O)(=O)O)[C@@H]2[C@H]3CC[C@@H]4[C@@]5(C)CC[C@H](O[C@@H]6O[C@H](CO)[C@@H](O[C@@H]7O[C@@H](C)[C@H](O)[C@@H](O)[C@H]7O)[C@H](O)[C@H]6O[C@@H]6O[C@H](CO)[C@@H](O)[C@H](O)[C@H]6O)C(C)(C)[C@H]5CC[C@@]4(C)[C@@]34CO[C@@]2(C4)O1. The summed E-state index contributed by atoms with van der Waals surface area (Å²) in [5, 5.41) is 108. The van der Waals surface area contributed by atoms with Gasteiger partial charge in [-0.25, -0.2) is 4.18 Å². The molecule has 9 rings (SSSR count). The van der Waals surface area contributed by atoms with Crippen molar-refractivity contribution in [1.29, 1.82) is 0 Å². The molecule has 0 aromatic rings. The standard InChI is InChI=1S/C48H78O22S/c1-20(2)29(51)23-15-46(8,70-71(59,60)61)39-22-9-10-27-44(6)13-12-28(43(4,5)26(44)11-14-45(27,7)47(22)18-48(39,69-23)62-19-47)66-42-38(68-41-35(57)33(55)31(53)24(16-49)64-41)36(58)37(25(17-50)65-42)67-40-34(56)32(54)30(52)21(3)63-40/h21-42,49-58H,1,9-19H2,2-8H3,(H,59,60,61)/t21-,22+,23+,24+,25+,26+,27+,28-,29+,30-,31+,32+,33-,34+,35+,36-,37+,38+,39-,40-,41-,42-,44-,45+,46-,47-,48-/m0/s1. The van der Waals surface area contributed by atoms with Crippen molar-refractivity contribution in [3.05, 3.63) is 12.2 Å². The molecular formula is C48H78O22S. The van der Waals surface area contributed by atoms with Gasteiger partial charge in [-0.05, 0) is 98.9 Å². The topological polar surface area (TPSA) is 340 Å². The van der Waals surface area contributed by atoms with E-state index >= 15 is 0 Å². The Morgan fingerprint density at radius 1 is 0.732 bits per heavy atom. The van der Waals surface area contributed by atoms with Gasteiger partial charge < -0.3 is 89.0 Å². The van der Waals surface area contributed by atoms with Crippen LogP contribution in [0.1, 0.15) is 99.8 Å². The van der Waals surface area contributed by atoms with Crippen LogP contribution in [0.5, 0.6) is 0 Å². The lowest BCUT2D eigenvalue weighted by Crippen LogP contribution is -2.69. The molecular weight excluding hydrogens is 961 g/mol. The van der Waals surface area contributed by atoms with Crippen LogP contribution in [0.25, 0.3) is 0 Å². The second-order valence-electron chi connectivity index (χ2n) is 23.9. The molecule has 9 aliphatic rings. The highest BCUT2D eigenvalue weighted by atomic mass is 32.3. The lowest BCUT2D eigenvalue weighted by molar-refractivity contribution is -0.395. The van der Waals surface area contributed by atoms with Crippen molar-refractivity contribution in [1.82, 2.24) is 0 Å². The Morgan fingerprint density at radius 3 is 1.99 bits per heavy atom.